The molecule has 4 rings (SSSR count). The first-order valence-electron chi connectivity index (χ1n) is 8.58. The number of ketones is 1. The van der Waals surface area contributed by atoms with Crippen LogP contribution in [0.15, 0.2) is 35.2 Å². The quantitative estimate of drug-likeness (QED) is 0.655. The first kappa shape index (κ1) is 17.7. The van der Waals surface area contributed by atoms with Gasteiger partial charge in [0.15, 0.2) is 5.78 Å². The number of aromatic hydroxyl groups is 1. The number of rotatable bonds is 2. The zero-order valence-corrected chi connectivity index (χ0v) is 16.4. The highest BCUT2D eigenvalue weighted by atomic mass is 32.2. The Labute approximate surface area is 161 Å². The molecule has 0 spiro atoms. The number of fused-ring (bicyclic) bond motifs is 4. The molecule has 27 heavy (non-hydrogen) atoms. The van der Waals surface area contributed by atoms with Crippen LogP contribution in [0.25, 0.3) is 10.9 Å². The molecule has 1 aliphatic carbocycles. The molecular formula is C21H19N3O2S. The van der Waals surface area contributed by atoms with Crippen molar-refractivity contribution in [3.63, 3.8) is 0 Å². The normalized spacial score (nSPS) is 14.9. The maximum atomic E-state index is 13.4. The first-order valence-corrected chi connectivity index (χ1v) is 9.35. The molecule has 0 saturated heterocycles. The minimum atomic E-state index is -0.483. The summed E-state index contributed by atoms with van der Waals surface area (Å²) in [4.78, 5) is 17.4. The summed E-state index contributed by atoms with van der Waals surface area (Å²) in [5.41, 5.74) is 3.72. The van der Waals surface area contributed by atoms with Crippen molar-refractivity contribution in [1.29, 1.82) is 5.26 Å². The number of aromatic nitrogens is 1. The molecule has 0 atom stereocenters. The lowest BCUT2D eigenvalue weighted by molar-refractivity contribution is 0.103. The summed E-state index contributed by atoms with van der Waals surface area (Å²) in [5, 5.41) is 20.5. The fourth-order valence-corrected chi connectivity index (χ4v) is 4.50. The average Bonchev–Trinajstić information content (AvgIpc) is 3.00. The van der Waals surface area contributed by atoms with E-state index in [1.54, 1.807) is 24.3 Å². The molecule has 2 N–H and O–H groups in total. The molecule has 0 amide bonds. The predicted octanol–water partition coefficient (Wildman–Crippen LogP) is 4.18. The van der Waals surface area contributed by atoms with E-state index < -0.39 is 5.41 Å². The van der Waals surface area contributed by atoms with Crippen molar-refractivity contribution >= 4 is 28.6 Å². The van der Waals surface area contributed by atoms with Gasteiger partial charge in [0.2, 0.25) is 0 Å². The zero-order chi connectivity index (χ0) is 19.5. The monoisotopic (exact) mass is 377 g/mol. The fourth-order valence-electron chi connectivity index (χ4n) is 3.78. The molecule has 6 heteroatoms. The average molecular weight is 377 g/mol. The van der Waals surface area contributed by atoms with Gasteiger partial charge < -0.3 is 10.1 Å². The molecular weight excluding hydrogens is 358 g/mol. The van der Waals surface area contributed by atoms with Crippen LogP contribution in [0.5, 0.6) is 5.75 Å². The summed E-state index contributed by atoms with van der Waals surface area (Å²) in [7, 11) is 3.78. The number of phenols is 1. The molecule has 0 unspecified atom stereocenters. The van der Waals surface area contributed by atoms with E-state index in [0.29, 0.717) is 21.6 Å². The van der Waals surface area contributed by atoms with Crippen molar-refractivity contribution in [3.8, 4) is 11.8 Å². The summed E-state index contributed by atoms with van der Waals surface area (Å²) in [6, 6.07) is 11.0. The topological polar surface area (TPSA) is 80.1 Å². The maximum Gasteiger partial charge on any atom is 0.195 e. The van der Waals surface area contributed by atoms with Gasteiger partial charge in [-0.05, 0) is 55.9 Å². The Balaban J connectivity index is 1.99. The summed E-state index contributed by atoms with van der Waals surface area (Å²) in [6.45, 7) is 4.08. The summed E-state index contributed by atoms with van der Waals surface area (Å²) in [5.74, 6) is 0.107. The minimum absolute atomic E-state index is 0.0594. The number of hydrogen-bond acceptors (Lipinski definition) is 5. The number of nitrogens with zero attached hydrogens (tertiary/aromatic N) is 2. The van der Waals surface area contributed by atoms with E-state index in [1.165, 1.54) is 11.9 Å². The number of carbonyl (C=O) groups is 1. The van der Waals surface area contributed by atoms with Gasteiger partial charge in [0.25, 0.3) is 0 Å². The van der Waals surface area contributed by atoms with Crippen molar-refractivity contribution in [2.75, 3.05) is 14.1 Å². The third-order valence-corrected chi connectivity index (χ3v) is 5.97. The van der Waals surface area contributed by atoms with Crippen LogP contribution < -0.4 is 0 Å². The van der Waals surface area contributed by atoms with E-state index in [-0.39, 0.29) is 11.5 Å². The van der Waals surface area contributed by atoms with Crippen LogP contribution in [0, 0.1) is 11.3 Å². The second-order valence-corrected chi connectivity index (χ2v) is 8.82. The van der Waals surface area contributed by atoms with Gasteiger partial charge in [-0.25, -0.2) is 0 Å². The zero-order valence-electron chi connectivity index (χ0n) is 15.5. The van der Waals surface area contributed by atoms with E-state index >= 15 is 0 Å². The molecule has 0 radical (unpaired) electrons. The van der Waals surface area contributed by atoms with Gasteiger partial charge in [-0.3, -0.25) is 9.10 Å². The molecule has 136 valence electrons. The van der Waals surface area contributed by atoms with Crippen molar-refractivity contribution in [3.05, 3.63) is 58.3 Å². The van der Waals surface area contributed by atoms with Crippen molar-refractivity contribution < 1.29 is 9.90 Å². The summed E-state index contributed by atoms with van der Waals surface area (Å²) >= 11 is 1.38. The Morgan fingerprint density at radius 2 is 1.96 bits per heavy atom. The molecule has 0 fully saturated rings. The highest BCUT2D eigenvalue weighted by molar-refractivity contribution is 7.97. The number of H-pyrrole nitrogens is 1. The number of aromatic amines is 1. The Kier molecular flexibility index (Phi) is 3.84. The molecule has 1 heterocycles. The number of hydrogen-bond donors (Lipinski definition) is 2. The van der Waals surface area contributed by atoms with E-state index in [2.05, 4.69) is 11.1 Å². The fraction of sp³-hybridized carbons (Fsp3) is 0.238. The Morgan fingerprint density at radius 1 is 1.22 bits per heavy atom. The largest absolute Gasteiger partial charge is 0.507 e. The molecule has 3 aromatic rings. The number of carbonyl (C=O) groups excluding carboxylic acids is 1. The first-order chi connectivity index (χ1) is 12.7. The van der Waals surface area contributed by atoms with Gasteiger partial charge in [0.1, 0.15) is 5.75 Å². The number of benzene rings is 2. The second-order valence-electron chi connectivity index (χ2n) is 7.47. The van der Waals surface area contributed by atoms with Crippen molar-refractivity contribution in [2.45, 2.75) is 24.2 Å². The molecule has 0 saturated carbocycles. The van der Waals surface area contributed by atoms with Crippen LogP contribution in [-0.4, -0.2) is 34.3 Å². The third kappa shape index (κ3) is 2.54. The maximum absolute atomic E-state index is 13.4. The highest BCUT2D eigenvalue weighted by Crippen LogP contribution is 2.46. The molecule has 5 nitrogen and oxygen atoms in total. The van der Waals surface area contributed by atoms with Crippen LogP contribution in [0.4, 0.5) is 0 Å². The van der Waals surface area contributed by atoms with E-state index in [0.717, 1.165) is 22.2 Å². The van der Waals surface area contributed by atoms with E-state index in [9.17, 15) is 9.90 Å². The lowest BCUT2D eigenvalue weighted by Crippen LogP contribution is -2.30. The molecule has 1 aromatic heterocycles. The summed E-state index contributed by atoms with van der Waals surface area (Å²) < 4.78 is 1.88. The number of nitriles is 1. The molecule has 0 bridgehead atoms. The molecule has 1 aliphatic rings. The SMILES string of the molecule is CN(C)Sc1cc2c(cc1O)C(C)(C)c1[nH]c3cc(C#N)ccc3c1C2=O. The lowest BCUT2D eigenvalue weighted by Gasteiger charge is -2.32. The van der Waals surface area contributed by atoms with Crippen molar-refractivity contribution in [2.24, 2.45) is 0 Å². The van der Waals surface area contributed by atoms with E-state index in [4.69, 9.17) is 5.26 Å². The van der Waals surface area contributed by atoms with E-state index in [1.807, 2.05) is 38.3 Å². The Morgan fingerprint density at radius 3 is 2.63 bits per heavy atom. The van der Waals surface area contributed by atoms with Gasteiger partial charge in [0, 0.05) is 27.6 Å². The highest BCUT2D eigenvalue weighted by Gasteiger charge is 2.40. The number of nitrogens with one attached hydrogen (secondary N) is 1. The molecule has 2 aromatic carbocycles. The lowest BCUT2D eigenvalue weighted by atomic mass is 9.71. The van der Waals surface area contributed by atoms with Crippen LogP contribution in [-0.2, 0) is 5.41 Å². The Hall–Kier alpha value is -2.75. The van der Waals surface area contributed by atoms with Gasteiger partial charge in [0.05, 0.1) is 22.1 Å². The minimum Gasteiger partial charge on any atom is -0.507 e. The van der Waals surface area contributed by atoms with Gasteiger partial charge in [-0.2, -0.15) is 5.26 Å². The predicted molar refractivity (Wildman–Crippen MR) is 106 cm³/mol. The molecule has 0 aliphatic heterocycles. The van der Waals surface area contributed by atoms with Crippen LogP contribution in [0.2, 0.25) is 0 Å². The number of phenolic OH excluding ortho intramolecular Hbond substituents is 1. The van der Waals surface area contributed by atoms with Gasteiger partial charge in [-0.1, -0.05) is 19.9 Å². The van der Waals surface area contributed by atoms with Gasteiger partial charge in [-0.15, -0.1) is 0 Å². The second kappa shape index (κ2) is 5.88. The van der Waals surface area contributed by atoms with Crippen molar-refractivity contribution in [1.82, 2.24) is 9.29 Å². The summed E-state index contributed by atoms with van der Waals surface area (Å²) in [6.07, 6.45) is 0. The van der Waals surface area contributed by atoms with Crippen LogP contribution in [0.1, 0.15) is 46.6 Å². The smallest absolute Gasteiger partial charge is 0.195 e. The Bertz CT molecular complexity index is 1150. The van der Waals surface area contributed by atoms with Gasteiger partial charge >= 0.3 is 0 Å². The third-order valence-electron chi connectivity index (χ3n) is 5.08. The van der Waals surface area contributed by atoms with Crippen LogP contribution in [0.3, 0.4) is 0 Å². The van der Waals surface area contributed by atoms with Crippen LogP contribution >= 0.6 is 11.9 Å². The standard InChI is InChI=1S/C21H19N3O2S/c1-21(2)14-9-16(25)17(27-24(3)4)8-13(14)19(26)18-12-6-5-11(10-22)7-15(12)23-20(18)21/h5-9,23,25H,1-4H3.